The van der Waals surface area contributed by atoms with Crippen molar-refractivity contribution >= 4 is 34.2 Å². The molecule has 0 radical (unpaired) electrons. The summed E-state index contributed by atoms with van der Waals surface area (Å²) in [6, 6.07) is 5.77. The number of aliphatic imine (C=N–C) groups is 1. The van der Waals surface area contributed by atoms with Crippen molar-refractivity contribution in [2.45, 2.75) is 26.3 Å². The van der Waals surface area contributed by atoms with Gasteiger partial charge < -0.3 is 5.32 Å². The van der Waals surface area contributed by atoms with Crippen molar-refractivity contribution in [2.75, 3.05) is 11.6 Å². The molecule has 0 saturated carbocycles. The van der Waals surface area contributed by atoms with Crippen LogP contribution in [0.5, 0.6) is 0 Å². The number of thioether (sulfide) groups is 1. The van der Waals surface area contributed by atoms with Gasteiger partial charge in [-0.1, -0.05) is 41.4 Å². The first-order valence-electron chi connectivity index (χ1n) is 5.53. The van der Waals surface area contributed by atoms with Gasteiger partial charge >= 0.3 is 0 Å². The Kier molecular flexibility index (Phi) is 5.13. The SMILES string of the molecule is C#CC(C)(C)N=C(Nc1c(C)cccc1Cl)SC. The third kappa shape index (κ3) is 3.97. The number of hydrogen-bond donors (Lipinski definition) is 1. The summed E-state index contributed by atoms with van der Waals surface area (Å²) >= 11 is 7.68. The van der Waals surface area contributed by atoms with Crippen molar-refractivity contribution in [3.63, 3.8) is 0 Å². The lowest BCUT2D eigenvalue weighted by molar-refractivity contribution is 0.687. The lowest BCUT2D eigenvalue weighted by Gasteiger charge is -2.17. The van der Waals surface area contributed by atoms with Gasteiger partial charge in [0.1, 0.15) is 5.54 Å². The molecular weight excluding hydrogens is 264 g/mol. The van der Waals surface area contributed by atoms with E-state index in [0.717, 1.165) is 16.4 Å². The largest absolute Gasteiger partial charge is 0.334 e. The van der Waals surface area contributed by atoms with E-state index in [0.29, 0.717) is 5.02 Å². The molecule has 0 amide bonds. The summed E-state index contributed by atoms with van der Waals surface area (Å²) in [5.74, 6) is 2.65. The molecule has 1 aromatic rings. The van der Waals surface area contributed by atoms with Crippen molar-refractivity contribution in [2.24, 2.45) is 4.99 Å². The van der Waals surface area contributed by atoms with Gasteiger partial charge in [-0.15, -0.1) is 6.42 Å². The predicted molar refractivity (Wildman–Crippen MR) is 83.7 cm³/mol. The van der Waals surface area contributed by atoms with E-state index in [-0.39, 0.29) is 0 Å². The molecule has 4 heteroatoms. The Morgan fingerprint density at radius 1 is 1.50 bits per heavy atom. The molecule has 0 unspecified atom stereocenters. The van der Waals surface area contributed by atoms with Crippen LogP contribution in [0.25, 0.3) is 0 Å². The Balaban J connectivity index is 3.05. The minimum absolute atomic E-state index is 0.527. The van der Waals surface area contributed by atoms with Gasteiger partial charge in [0.05, 0.1) is 10.7 Å². The van der Waals surface area contributed by atoms with Crippen LogP contribution >= 0.6 is 23.4 Å². The van der Waals surface area contributed by atoms with Gasteiger partial charge in [-0.25, -0.2) is 4.99 Å². The maximum atomic E-state index is 6.17. The van der Waals surface area contributed by atoms with Crippen molar-refractivity contribution in [1.29, 1.82) is 0 Å². The molecule has 0 saturated heterocycles. The highest BCUT2D eigenvalue weighted by molar-refractivity contribution is 8.13. The minimum atomic E-state index is -0.527. The molecule has 96 valence electrons. The van der Waals surface area contributed by atoms with Crippen LogP contribution in [-0.4, -0.2) is 17.0 Å². The summed E-state index contributed by atoms with van der Waals surface area (Å²) in [4.78, 5) is 4.50. The number of rotatable bonds is 2. The molecule has 1 N–H and O–H groups in total. The maximum Gasteiger partial charge on any atom is 0.162 e. The average Bonchev–Trinajstić information content (AvgIpc) is 2.32. The second kappa shape index (κ2) is 6.17. The fourth-order valence-corrected chi connectivity index (χ4v) is 2.10. The summed E-state index contributed by atoms with van der Waals surface area (Å²) in [6.07, 6.45) is 7.39. The number of amidine groups is 1. The number of nitrogens with one attached hydrogen (secondary N) is 1. The predicted octanol–water partition coefficient (Wildman–Crippen LogP) is 4.19. The van der Waals surface area contributed by atoms with Gasteiger partial charge in [0.15, 0.2) is 5.17 Å². The van der Waals surface area contributed by atoms with E-state index in [2.05, 4.69) is 16.2 Å². The highest BCUT2D eigenvalue weighted by atomic mass is 35.5. The standard InChI is InChI=1S/C14H17ClN2S/c1-6-14(3,4)17-13(18-5)16-12-10(2)8-7-9-11(12)15/h1,7-9H,2-5H3,(H,16,17). The van der Waals surface area contributed by atoms with E-state index in [4.69, 9.17) is 18.0 Å². The minimum Gasteiger partial charge on any atom is -0.334 e. The van der Waals surface area contributed by atoms with Crippen LogP contribution in [0.2, 0.25) is 5.02 Å². The molecule has 0 aliphatic heterocycles. The number of anilines is 1. The molecule has 0 bridgehead atoms. The van der Waals surface area contributed by atoms with Crippen molar-refractivity contribution < 1.29 is 0 Å². The number of nitrogens with zero attached hydrogens (tertiary/aromatic N) is 1. The fourth-order valence-electron chi connectivity index (χ4n) is 1.31. The topological polar surface area (TPSA) is 24.4 Å². The highest BCUT2D eigenvalue weighted by Gasteiger charge is 2.14. The molecule has 1 aromatic carbocycles. The summed E-state index contributed by atoms with van der Waals surface area (Å²) in [7, 11) is 0. The van der Waals surface area contributed by atoms with Crippen molar-refractivity contribution in [3.05, 3.63) is 28.8 Å². The van der Waals surface area contributed by atoms with E-state index in [1.54, 1.807) is 0 Å². The van der Waals surface area contributed by atoms with E-state index in [1.807, 2.05) is 45.2 Å². The van der Waals surface area contributed by atoms with Crippen molar-refractivity contribution in [1.82, 2.24) is 0 Å². The number of para-hydroxylation sites is 1. The molecule has 0 aliphatic carbocycles. The summed E-state index contributed by atoms with van der Waals surface area (Å²) in [5.41, 5.74) is 1.42. The Morgan fingerprint density at radius 3 is 2.67 bits per heavy atom. The Hall–Kier alpha value is -1.11. The fraction of sp³-hybridized carbons (Fsp3) is 0.357. The Morgan fingerprint density at radius 2 is 2.17 bits per heavy atom. The molecule has 2 nitrogen and oxygen atoms in total. The lowest BCUT2D eigenvalue weighted by Crippen LogP contribution is -2.19. The second-order valence-corrected chi connectivity index (χ2v) is 5.58. The zero-order chi connectivity index (χ0) is 13.8. The van der Waals surface area contributed by atoms with Crippen LogP contribution in [0.15, 0.2) is 23.2 Å². The monoisotopic (exact) mass is 280 g/mol. The number of aryl methyl sites for hydroxylation is 1. The quantitative estimate of drug-likeness (QED) is 0.499. The zero-order valence-corrected chi connectivity index (χ0v) is 12.6. The normalized spacial score (nSPS) is 12.1. The molecule has 0 heterocycles. The van der Waals surface area contributed by atoms with Gasteiger partial charge in [-0.05, 0) is 38.7 Å². The molecule has 0 spiro atoms. The molecule has 18 heavy (non-hydrogen) atoms. The van der Waals surface area contributed by atoms with Crippen LogP contribution in [0.3, 0.4) is 0 Å². The van der Waals surface area contributed by atoms with Crippen LogP contribution in [-0.2, 0) is 0 Å². The van der Waals surface area contributed by atoms with E-state index in [9.17, 15) is 0 Å². The van der Waals surface area contributed by atoms with Crippen molar-refractivity contribution in [3.8, 4) is 12.3 Å². The molecule has 0 atom stereocenters. The number of hydrogen-bond acceptors (Lipinski definition) is 2. The zero-order valence-electron chi connectivity index (χ0n) is 11.0. The highest BCUT2D eigenvalue weighted by Crippen LogP contribution is 2.26. The van der Waals surface area contributed by atoms with Gasteiger partial charge in [0.2, 0.25) is 0 Å². The summed E-state index contributed by atoms with van der Waals surface area (Å²) < 4.78 is 0. The van der Waals surface area contributed by atoms with E-state index < -0.39 is 5.54 Å². The van der Waals surface area contributed by atoms with Gasteiger partial charge in [-0.3, -0.25) is 0 Å². The average molecular weight is 281 g/mol. The van der Waals surface area contributed by atoms with Crippen LogP contribution in [0.1, 0.15) is 19.4 Å². The second-order valence-electron chi connectivity index (χ2n) is 4.38. The molecule has 0 fully saturated rings. The maximum absolute atomic E-state index is 6.17. The number of benzene rings is 1. The van der Waals surface area contributed by atoms with E-state index in [1.165, 1.54) is 11.8 Å². The lowest BCUT2D eigenvalue weighted by atomic mass is 10.1. The van der Waals surface area contributed by atoms with Crippen LogP contribution in [0.4, 0.5) is 5.69 Å². The number of terminal acetylenes is 1. The molecule has 1 rings (SSSR count). The molecule has 0 aromatic heterocycles. The van der Waals surface area contributed by atoms with Crippen LogP contribution in [0, 0.1) is 19.3 Å². The third-order valence-corrected chi connectivity index (χ3v) is 3.28. The molecular formula is C14H17ClN2S. The van der Waals surface area contributed by atoms with Gasteiger partial charge in [0.25, 0.3) is 0 Å². The Bertz CT molecular complexity index is 481. The third-order valence-electron chi connectivity index (χ3n) is 2.38. The first-order chi connectivity index (χ1) is 8.39. The van der Waals surface area contributed by atoms with Gasteiger partial charge in [0, 0.05) is 0 Å². The number of halogens is 1. The van der Waals surface area contributed by atoms with E-state index >= 15 is 0 Å². The first-order valence-corrected chi connectivity index (χ1v) is 7.13. The molecule has 0 aliphatic rings. The Labute approximate surface area is 118 Å². The van der Waals surface area contributed by atoms with Crippen LogP contribution < -0.4 is 5.32 Å². The smallest absolute Gasteiger partial charge is 0.162 e. The summed E-state index contributed by atoms with van der Waals surface area (Å²) in [6.45, 7) is 5.78. The first kappa shape index (κ1) is 14.9. The van der Waals surface area contributed by atoms with Gasteiger partial charge in [-0.2, -0.15) is 0 Å². The summed E-state index contributed by atoms with van der Waals surface area (Å²) in [5, 5.41) is 4.68.